The largest absolute Gasteiger partial charge is 0.271 e. The standard InChI is InChI=1S/C9H15N3S/c1-6(2)4-8(12-10)9-5-11-7(3)13-9/h5,8,12H,1,4,10H2,2-3H3. The SMILES string of the molecule is C=C(C)CC(NN)c1cnc(C)s1. The van der Waals surface area contributed by atoms with Gasteiger partial charge in [-0.3, -0.25) is 11.3 Å². The predicted octanol–water partition coefficient (Wildman–Crippen LogP) is 1.92. The zero-order valence-corrected chi connectivity index (χ0v) is 8.82. The van der Waals surface area contributed by atoms with Gasteiger partial charge in [0, 0.05) is 11.1 Å². The highest BCUT2D eigenvalue weighted by molar-refractivity contribution is 7.11. The van der Waals surface area contributed by atoms with Crippen LogP contribution in [0.4, 0.5) is 0 Å². The van der Waals surface area contributed by atoms with E-state index >= 15 is 0 Å². The van der Waals surface area contributed by atoms with Gasteiger partial charge in [0.25, 0.3) is 0 Å². The van der Waals surface area contributed by atoms with Crippen LogP contribution in [0.15, 0.2) is 18.3 Å². The van der Waals surface area contributed by atoms with Gasteiger partial charge in [0.05, 0.1) is 11.0 Å². The van der Waals surface area contributed by atoms with Crippen LogP contribution < -0.4 is 11.3 Å². The molecule has 3 N–H and O–H groups in total. The van der Waals surface area contributed by atoms with Crippen LogP contribution in [0.1, 0.15) is 29.3 Å². The molecule has 0 bridgehead atoms. The Morgan fingerprint density at radius 3 is 2.92 bits per heavy atom. The summed E-state index contributed by atoms with van der Waals surface area (Å²) in [6, 6.07) is 0.156. The third-order valence-corrected chi connectivity index (χ3v) is 2.76. The molecule has 0 aromatic carbocycles. The average Bonchev–Trinajstić information content (AvgIpc) is 2.47. The zero-order valence-electron chi connectivity index (χ0n) is 8.00. The van der Waals surface area contributed by atoms with Gasteiger partial charge < -0.3 is 0 Å². The predicted molar refractivity (Wildman–Crippen MR) is 56.3 cm³/mol. The molecule has 0 amide bonds. The summed E-state index contributed by atoms with van der Waals surface area (Å²) in [6.45, 7) is 7.85. The maximum atomic E-state index is 5.45. The maximum Gasteiger partial charge on any atom is 0.0897 e. The zero-order chi connectivity index (χ0) is 9.84. The van der Waals surface area contributed by atoms with Crippen LogP contribution in [-0.4, -0.2) is 4.98 Å². The summed E-state index contributed by atoms with van der Waals surface area (Å²) in [7, 11) is 0. The summed E-state index contributed by atoms with van der Waals surface area (Å²) < 4.78 is 0. The van der Waals surface area contributed by atoms with Crippen LogP contribution in [-0.2, 0) is 0 Å². The summed E-state index contributed by atoms with van der Waals surface area (Å²) in [5.74, 6) is 5.45. The van der Waals surface area contributed by atoms with Crippen LogP contribution >= 0.6 is 11.3 Å². The van der Waals surface area contributed by atoms with Crippen molar-refractivity contribution in [3.63, 3.8) is 0 Å². The minimum Gasteiger partial charge on any atom is -0.271 e. The van der Waals surface area contributed by atoms with Gasteiger partial charge in [0.2, 0.25) is 0 Å². The minimum atomic E-state index is 0.156. The van der Waals surface area contributed by atoms with Gasteiger partial charge in [-0.25, -0.2) is 4.98 Å². The molecule has 0 aliphatic heterocycles. The van der Waals surface area contributed by atoms with Crippen LogP contribution in [0.25, 0.3) is 0 Å². The molecule has 0 aliphatic rings. The molecular formula is C9H15N3S. The molecule has 13 heavy (non-hydrogen) atoms. The van der Waals surface area contributed by atoms with Crippen molar-refractivity contribution in [2.45, 2.75) is 26.3 Å². The number of rotatable bonds is 4. The number of nitrogens with two attached hydrogens (primary N) is 1. The fourth-order valence-corrected chi connectivity index (χ4v) is 1.97. The number of nitrogens with one attached hydrogen (secondary N) is 1. The Hall–Kier alpha value is -0.710. The van der Waals surface area contributed by atoms with Gasteiger partial charge in [-0.1, -0.05) is 5.57 Å². The van der Waals surface area contributed by atoms with E-state index in [9.17, 15) is 0 Å². The second kappa shape index (κ2) is 4.50. The Bertz CT molecular complexity index is 293. The lowest BCUT2D eigenvalue weighted by molar-refractivity contribution is 0.558. The Kier molecular flexibility index (Phi) is 3.59. The monoisotopic (exact) mass is 197 g/mol. The molecule has 0 aliphatic carbocycles. The summed E-state index contributed by atoms with van der Waals surface area (Å²) >= 11 is 1.67. The van der Waals surface area contributed by atoms with Crippen LogP contribution in [0.5, 0.6) is 0 Å². The molecule has 4 heteroatoms. The van der Waals surface area contributed by atoms with Crippen molar-refractivity contribution in [3.05, 3.63) is 28.2 Å². The number of nitrogens with zero attached hydrogens (tertiary/aromatic N) is 1. The molecule has 0 radical (unpaired) electrons. The summed E-state index contributed by atoms with van der Waals surface area (Å²) in [5, 5.41) is 1.07. The molecule has 1 aromatic rings. The van der Waals surface area contributed by atoms with E-state index in [0.717, 1.165) is 17.0 Å². The Morgan fingerprint density at radius 2 is 2.54 bits per heavy atom. The Morgan fingerprint density at radius 1 is 1.85 bits per heavy atom. The molecule has 1 unspecified atom stereocenters. The van der Waals surface area contributed by atoms with Gasteiger partial charge in [0.15, 0.2) is 0 Å². The number of aryl methyl sites for hydroxylation is 1. The second-order valence-corrected chi connectivity index (χ2v) is 4.43. The first-order valence-electron chi connectivity index (χ1n) is 4.16. The van der Waals surface area contributed by atoms with E-state index in [1.807, 2.05) is 20.0 Å². The lowest BCUT2D eigenvalue weighted by Gasteiger charge is -2.12. The molecule has 1 heterocycles. The third-order valence-electron chi connectivity index (χ3n) is 1.74. The number of hydrazine groups is 1. The molecule has 1 rings (SSSR count). The van der Waals surface area contributed by atoms with E-state index in [4.69, 9.17) is 5.84 Å². The first-order valence-corrected chi connectivity index (χ1v) is 4.98. The quantitative estimate of drug-likeness (QED) is 0.440. The van der Waals surface area contributed by atoms with E-state index in [1.165, 1.54) is 4.88 Å². The fourth-order valence-electron chi connectivity index (χ4n) is 1.13. The molecule has 0 saturated heterocycles. The minimum absolute atomic E-state index is 0.156. The van der Waals surface area contributed by atoms with Crippen molar-refractivity contribution in [3.8, 4) is 0 Å². The lowest BCUT2D eigenvalue weighted by Crippen LogP contribution is -2.27. The molecule has 72 valence electrons. The van der Waals surface area contributed by atoms with Crippen molar-refractivity contribution >= 4 is 11.3 Å². The maximum absolute atomic E-state index is 5.45. The molecule has 0 spiro atoms. The number of hydrogen-bond acceptors (Lipinski definition) is 4. The molecule has 0 saturated carbocycles. The molecular weight excluding hydrogens is 182 g/mol. The smallest absolute Gasteiger partial charge is 0.0897 e. The van der Waals surface area contributed by atoms with Crippen molar-refractivity contribution < 1.29 is 0 Å². The number of aromatic nitrogens is 1. The normalized spacial score (nSPS) is 12.8. The summed E-state index contributed by atoms with van der Waals surface area (Å²) in [6.07, 6.45) is 2.73. The van der Waals surface area contributed by atoms with Crippen molar-refractivity contribution in [1.82, 2.24) is 10.4 Å². The van der Waals surface area contributed by atoms with Crippen LogP contribution in [0, 0.1) is 6.92 Å². The first kappa shape index (κ1) is 10.4. The van der Waals surface area contributed by atoms with E-state index in [-0.39, 0.29) is 6.04 Å². The Labute approximate surface area is 82.7 Å². The highest BCUT2D eigenvalue weighted by Gasteiger charge is 2.11. The summed E-state index contributed by atoms with van der Waals surface area (Å²) in [4.78, 5) is 5.36. The van der Waals surface area contributed by atoms with Crippen LogP contribution in [0.3, 0.4) is 0 Å². The highest BCUT2D eigenvalue weighted by atomic mass is 32.1. The average molecular weight is 197 g/mol. The first-order chi connectivity index (χ1) is 6.13. The second-order valence-electron chi connectivity index (χ2n) is 3.16. The van der Waals surface area contributed by atoms with Gasteiger partial charge >= 0.3 is 0 Å². The van der Waals surface area contributed by atoms with Crippen molar-refractivity contribution in [2.24, 2.45) is 5.84 Å². The van der Waals surface area contributed by atoms with Gasteiger partial charge in [-0.15, -0.1) is 17.9 Å². The van der Waals surface area contributed by atoms with E-state index < -0.39 is 0 Å². The molecule has 1 aromatic heterocycles. The number of hydrogen-bond donors (Lipinski definition) is 2. The van der Waals surface area contributed by atoms with E-state index in [0.29, 0.717) is 0 Å². The summed E-state index contributed by atoms with van der Waals surface area (Å²) in [5.41, 5.74) is 3.89. The molecule has 3 nitrogen and oxygen atoms in total. The van der Waals surface area contributed by atoms with E-state index in [1.54, 1.807) is 11.3 Å². The highest BCUT2D eigenvalue weighted by Crippen LogP contribution is 2.24. The van der Waals surface area contributed by atoms with Gasteiger partial charge in [-0.2, -0.15) is 0 Å². The molecule has 0 fully saturated rings. The van der Waals surface area contributed by atoms with Gasteiger partial charge in [-0.05, 0) is 20.3 Å². The van der Waals surface area contributed by atoms with E-state index in [2.05, 4.69) is 17.0 Å². The van der Waals surface area contributed by atoms with Crippen molar-refractivity contribution in [1.29, 1.82) is 0 Å². The Balaban J connectivity index is 2.72. The van der Waals surface area contributed by atoms with Crippen LogP contribution in [0.2, 0.25) is 0 Å². The fraction of sp³-hybridized carbons (Fsp3) is 0.444. The topological polar surface area (TPSA) is 50.9 Å². The third kappa shape index (κ3) is 2.91. The number of thiazole rings is 1. The van der Waals surface area contributed by atoms with Gasteiger partial charge in [0.1, 0.15) is 0 Å². The van der Waals surface area contributed by atoms with Crippen molar-refractivity contribution in [2.75, 3.05) is 0 Å². The lowest BCUT2D eigenvalue weighted by atomic mass is 10.1. The molecule has 1 atom stereocenters.